The fraction of sp³-hybridized carbons (Fsp3) is 0.750. The van der Waals surface area contributed by atoms with Crippen LogP contribution in [-0.2, 0) is 4.74 Å². The topological polar surface area (TPSA) is 9.23 Å². The van der Waals surface area contributed by atoms with Gasteiger partial charge >= 0.3 is 0 Å². The summed E-state index contributed by atoms with van der Waals surface area (Å²) in [5.41, 5.74) is 0.292. The fourth-order valence-electron chi connectivity index (χ4n) is 0.543. The van der Waals surface area contributed by atoms with E-state index in [-0.39, 0.29) is 0 Å². The molecule has 0 bridgehead atoms. The van der Waals surface area contributed by atoms with Crippen LogP contribution in [0, 0.1) is 5.41 Å². The van der Waals surface area contributed by atoms with Crippen LogP contribution in [0.2, 0.25) is 0 Å². The lowest BCUT2D eigenvalue weighted by molar-refractivity contribution is 0.210. The minimum Gasteiger partial charge on any atom is -0.501 e. The molecule has 9 heavy (non-hydrogen) atoms. The zero-order chi connectivity index (χ0) is 7.33. The molecule has 54 valence electrons. The minimum absolute atomic E-state index is 0.292. The summed E-state index contributed by atoms with van der Waals surface area (Å²) in [7, 11) is 0. The SMILES string of the molecule is CC.CC1(C)C=COC1. The summed E-state index contributed by atoms with van der Waals surface area (Å²) in [5, 5.41) is 0. The molecule has 1 aliphatic heterocycles. The molecule has 0 saturated carbocycles. The van der Waals surface area contributed by atoms with Crippen LogP contribution in [0.4, 0.5) is 0 Å². The zero-order valence-electron chi connectivity index (χ0n) is 6.77. The largest absolute Gasteiger partial charge is 0.501 e. The molecule has 1 aliphatic rings. The molecule has 1 heteroatoms. The van der Waals surface area contributed by atoms with Crippen molar-refractivity contribution < 1.29 is 4.74 Å². The molecule has 0 spiro atoms. The van der Waals surface area contributed by atoms with Crippen LogP contribution in [0.5, 0.6) is 0 Å². The van der Waals surface area contributed by atoms with Crippen molar-refractivity contribution >= 4 is 0 Å². The second-order valence-electron chi connectivity index (χ2n) is 2.60. The van der Waals surface area contributed by atoms with Crippen LogP contribution in [0.25, 0.3) is 0 Å². The average molecular weight is 128 g/mol. The maximum atomic E-state index is 4.98. The summed E-state index contributed by atoms with van der Waals surface area (Å²) in [5.74, 6) is 0. The molecule has 0 saturated heterocycles. The maximum absolute atomic E-state index is 4.98. The molecule has 0 unspecified atom stereocenters. The van der Waals surface area contributed by atoms with Crippen LogP contribution >= 0.6 is 0 Å². The van der Waals surface area contributed by atoms with E-state index >= 15 is 0 Å². The summed E-state index contributed by atoms with van der Waals surface area (Å²) < 4.78 is 4.98. The molecule has 0 aliphatic carbocycles. The molecule has 0 aromatic carbocycles. The Bertz CT molecular complexity index is 92.7. The van der Waals surface area contributed by atoms with Gasteiger partial charge in [-0.05, 0) is 6.08 Å². The Morgan fingerprint density at radius 2 is 1.89 bits per heavy atom. The molecular weight excluding hydrogens is 112 g/mol. The highest BCUT2D eigenvalue weighted by molar-refractivity contribution is 4.95. The highest BCUT2D eigenvalue weighted by Crippen LogP contribution is 2.21. The van der Waals surface area contributed by atoms with E-state index in [0.29, 0.717) is 5.41 Å². The summed E-state index contributed by atoms with van der Waals surface area (Å²) in [6.45, 7) is 9.14. The van der Waals surface area contributed by atoms with Gasteiger partial charge in [0.2, 0.25) is 0 Å². The van der Waals surface area contributed by atoms with Crippen LogP contribution < -0.4 is 0 Å². The predicted octanol–water partition coefficient (Wildman–Crippen LogP) is 2.58. The van der Waals surface area contributed by atoms with Crippen molar-refractivity contribution in [1.82, 2.24) is 0 Å². The van der Waals surface area contributed by atoms with Crippen molar-refractivity contribution in [2.45, 2.75) is 27.7 Å². The normalized spacial score (nSPS) is 20.0. The Kier molecular flexibility index (Phi) is 3.36. The Morgan fingerprint density at radius 1 is 1.33 bits per heavy atom. The average Bonchev–Trinajstić information content (AvgIpc) is 2.19. The second kappa shape index (κ2) is 3.54. The van der Waals surface area contributed by atoms with E-state index in [2.05, 4.69) is 19.9 Å². The molecule has 0 amide bonds. The first-order chi connectivity index (χ1) is 4.21. The van der Waals surface area contributed by atoms with Crippen molar-refractivity contribution in [2.75, 3.05) is 6.61 Å². The molecular formula is C8H16O. The predicted molar refractivity (Wildman–Crippen MR) is 40.2 cm³/mol. The van der Waals surface area contributed by atoms with E-state index < -0.39 is 0 Å². The maximum Gasteiger partial charge on any atom is 0.0959 e. The Morgan fingerprint density at radius 3 is 2.00 bits per heavy atom. The van der Waals surface area contributed by atoms with E-state index in [4.69, 9.17) is 4.74 Å². The van der Waals surface area contributed by atoms with E-state index in [1.54, 1.807) is 6.26 Å². The molecule has 1 rings (SSSR count). The molecule has 1 heterocycles. The van der Waals surface area contributed by atoms with Crippen molar-refractivity contribution in [3.05, 3.63) is 12.3 Å². The Labute approximate surface area is 57.7 Å². The van der Waals surface area contributed by atoms with Gasteiger partial charge in [0, 0.05) is 5.41 Å². The van der Waals surface area contributed by atoms with Gasteiger partial charge in [0.25, 0.3) is 0 Å². The van der Waals surface area contributed by atoms with Crippen molar-refractivity contribution in [2.24, 2.45) is 5.41 Å². The van der Waals surface area contributed by atoms with Gasteiger partial charge in [0.1, 0.15) is 0 Å². The molecule has 0 aromatic rings. The van der Waals surface area contributed by atoms with Crippen LogP contribution in [-0.4, -0.2) is 6.61 Å². The number of ether oxygens (including phenoxy) is 1. The zero-order valence-corrected chi connectivity index (χ0v) is 6.77. The Balaban J connectivity index is 0.000000291. The minimum atomic E-state index is 0.292. The Hall–Kier alpha value is -0.460. The lowest BCUT2D eigenvalue weighted by atomic mass is 9.97. The fourth-order valence-corrected chi connectivity index (χ4v) is 0.543. The number of hydrogen-bond acceptors (Lipinski definition) is 1. The highest BCUT2D eigenvalue weighted by Gasteiger charge is 2.17. The molecule has 0 atom stereocenters. The third kappa shape index (κ3) is 3.17. The van der Waals surface area contributed by atoms with Gasteiger partial charge in [-0.3, -0.25) is 0 Å². The van der Waals surface area contributed by atoms with E-state index in [1.165, 1.54) is 0 Å². The third-order valence-corrected chi connectivity index (χ3v) is 1.07. The second-order valence-corrected chi connectivity index (χ2v) is 2.60. The van der Waals surface area contributed by atoms with E-state index in [1.807, 2.05) is 13.8 Å². The van der Waals surface area contributed by atoms with Gasteiger partial charge in [0.05, 0.1) is 12.9 Å². The van der Waals surface area contributed by atoms with Crippen molar-refractivity contribution in [3.63, 3.8) is 0 Å². The van der Waals surface area contributed by atoms with Crippen LogP contribution in [0.1, 0.15) is 27.7 Å². The first-order valence-corrected chi connectivity index (χ1v) is 3.50. The lowest BCUT2D eigenvalue weighted by Crippen LogP contribution is -2.08. The molecule has 0 radical (unpaired) electrons. The monoisotopic (exact) mass is 128 g/mol. The summed E-state index contributed by atoms with van der Waals surface area (Å²) in [4.78, 5) is 0. The van der Waals surface area contributed by atoms with Gasteiger partial charge in [0.15, 0.2) is 0 Å². The van der Waals surface area contributed by atoms with Gasteiger partial charge in [-0.15, -0.1) is 0 Å². The first kappa shape index (κ1) is 8.54. The summed E-state index contributed by atoms with van der Waals surface area (Å²) in [6, 6.07) is 0. The van der Waals surface area contributed by atoms with E-state index in [0.717, 1.165) is 6.61 Å². The van der Waals surface area contributed by atoms with Gasteiger partial charge in [-0.2, -0.15) is 0 Å². The molecule has 0 aromatic heterocycles. The molecule has 0 fully saturated rings. The molecule has 0 N–H and O–H groups in total. The van der Waals surface area contributed by atoms with Crippen LogP contribution in [0.15, 0.2) is 12.3 Å². The summed E-state index contributed by atoms with van der Waals surface area (Å²) in [6.07, 6.45) is 3.84. The first-order valence-electron chi connectivity index (χ1n) is 3.50. The van der Waals surface area contributed by atoms with Crippen molar-refractivity contribution in [3.8, 4) is 0 Å². The number of hydrogen-bond donors (Lipinski definition) is 0. The standard InChI is InChI=1S/C6H10O.C2H6/c1-6(2)3-4-7-5-6;1-2/h3-4H,5H2,1-2H3;1-2H3. The third-order valence-electron chi connectivity index (χ3n) is 1.07. The van der Waals surface area contributed by atoms with Crippen molar-refractivity contribution in [1.29, 1.82) is 0 Å². The van der Waals surface area contributed by atoms with Crippen LogP contribution in [0.3, 0.4) is 0 Å². The summed E-state index contributed by atoms with van der Waals surface area (Å²) >= 11 is 0. The quantitative estimate of drug-likeness (QED) is 0.487. The molecule has 1 nitrogen and oxygen atoms in total. The smallest absolute Gasteiger partial charge is 0.0959 e. The van der Waals surface area contributed by atoms with Gasteiger partial charge in [-0.1, -0.05) is 27.7 Å². The highest BCUT2D eigenvalue weighted by atomic mass is 16.5. The number of rotatable bonds is 0. The lowest BCUT2D eigenvalue weighted by Gasteiger charge is -2.09. The van der Waals surface area contributed by atoms with Gasteiger partial charge < -0.3 is 4.74 Å². The van der Waals surface area contributed by atoms with Gasteiger partial charge in [-0.25, -0.2) is 0 Å². The van der Waals surface area contributed by atoms with E-state index in [9.17, 15) is 0 Å².